The van der Waals surface area contributed by atoms with E-state index in [2.05, 4.69) is 5.32 Å². The predicted octanol–water partition coefficient (Wildman–Crippen LogP) is 0.938. The number of hydrogen-bond acceptors (Lipinski definition) is 3. The van der Waals surface area contributed by atoms with Crippen molar-refractivity contribution in [1.82, 2.24) is 0 Å². The van der Waals surface area contributed by atoms with Crippen LogP contribution in [0, 0.1) is 0 Å². The van der Waals surface area contributed by atoms with Gasteiger partial charge < -0.3 is 16.2 Å². The summed E-state index contributed by atoms with van der Waals surface area (Å²) in [7, 11) is 0. The zero-order chi connectivity index (χ0) is 9.68. The zero-order valence-electron chi connectivity index (χ0n) is 7.83. The fourth-order valence-corrected chi connectivity index (χ4v) is 1.10. The summed E-state index contributed by atoms with van der Waals surface area (Å²) in [5.41, 5.74) is 7.39. The van der Waals surface area contributed by atoms with Crippen LogP contribution in [-0.2, 0) is 6.61 Å². The Balaban J connectivity index is 2.66. The molecule has 1 atom stereocenters. The first-order chi connectivity index (χ1) is 6.26. The normalized spacial score (nSPS) is 12.5. The Morgan fingerprint density at radius 2 is 2.31 bits per heavy atom. The first-order valence-electron chi connectivity index (χ1n) is 4.42. The first kappa shape index (κ1) is 10.0. The van der Waals surface area contributed by atoms with Crippen molar-refractivity contribution < 1.29 is 5.11 Å². The van der Waals surface area contributed by atoms with Crippen molar-refractivity contribution in [2.75, 3.05) is 11.9 Å². The van der Waals surface area contributed by atoms with Crippen molar-refractivity contribution in [3.8, 4) is 0 Å². The zero-order valence-corrected chi connectivity index (χ0v) is 7.83. The molecule has 13 heavy (non-hydrogen) atoms. The number of benzene rings is 1. The van der Waals surface area contributed by atoms with E-state index in [0.717, 1.165) is 11.3 Å². The minimum absolute atomic E-state index is 0.0759. The molecular formula is C10H16N2O. The topological polar surface area (TPSA) is 58.3 Å². The third kappa shape index (κ3) is 3.05. The third-order valence-electron chi connectivity index (χ3n) is 1.88. The molecule has 0 saturated carbocycles. The van der Waals surface area contributed by atoms with Gasteiger partial charge in [-0.15, -0.1) is 0 Å². The van der Waals surface area contributed by atoms with Crippen molar-refractivity contribution >= 4 is 5.69 Å². The Kier molecular flexibility index (Phi) is 3.73. The second kappa shape index (κ2) is 4.84. The van der Waals surface area contributed by atoms with Gasteiger partial charge in [-0.3, -0.25) is 0 Å². The molecule has 3 heteroatoms. The molecule has 0 radical (unpaired) electrons. The number of hydrogen-bond donors (Lipinski definition) is 3. The molecule has 0 aromatic heterocycles. The molecule has 1 aromatic rings. The molecule has 1 rings (SSSR count). The molecule has 0 heterocycles. The van der Waals surface area contributed by atoms with E-state index >= 15 is 0 Å². The molecule has 0 aliphatic rings. The van der Waals surface area contributed by atoms with Crippen LogP contribution in [-0.4, -0.2) is 17.7 Å². The molecule has 72 valence electrons. The van der Waals surface area contributed by atoms with Crippen LogP contribution in [0.3, 0.4) is 0 Å². The van der Waals surface area contributed by atoms with Gasteiger partial charge in [0.1, 0.15) is 0 Å². The van der Waals surface area contributed by atoms with Crippen molar-refractivity contribution in [1.29, 1.82) is 0 Å². The summed E-state index contributed by atoms with van der Waals surface area (Å²) in [6.45, 7) is 2.70. The first-order valence-corrected chi connectivity index (χ1v) is 4.42. The molecule has 0 amide bonds. The van der Waals surface area contributed by atoms with E-state index in [1.54, 1.807) is 0 Å². The third-order valence-corrected chi connectivity index (χ3v) is 1.88. The average Bonchev–Trinajstić information content (AvgIpc) is 2.18. The summed E-state index contributed by atoms with van der Waals surface area (Å²) in [5, 5.41) is 12.1. The summed E-state index contributed by atoms with van der Waals surface area (Å²) >= 11 is 0. The lowest BCUT2D eigenvalue weighted by Gasteiger charge is -2.13. The molecule has 0 aliphatic heterocycles. The van der Waals surface area contributed by atoms with E-state index in [1.807, 2.05) is 31.2 Å². The number of anilines is 1. The van der Waals surface area contributed by atoms with E-state index < -0.39 is 0 Å². The Morgan fingerprint density at radius 1 is 1.54 bits per heavy atom. The van der Waals surface area contributed by atoms with Gasteiger partial charge in [-0.05, 0) is 24.6 Å². The molecule has 1 unspecified atom stereocenters. The maximum Gasteiger partial charge on any atom is 0.0682 e. The largest absolute Gasteiger partial charge is 0.392 e. The highest BCUT2D eigenvalue weighted by molar-refractivity contribution is 5.46. The van der Waals surface area contributed by atoms with Crippen LogP contribution in [0.5, 0.6) is 0 Å². The lowest BCUT2D eigenvalue weighted by molar-refractivity contribution is 0.282. The lowest BCUT2D eigenvalue weighted by atomic mass is 10.2. The van der Waals surface area contributed by atoms with Gasteiger partial charge in [-0.25, -0.2) is 0 Å². The second-order valence-corrected chi connectivity index (χ2v) is 3.14. The quantitative estimate of drug-likeness (QED) is 0.646. The van der Waals surface area contributed by atoms with E-state index in [-0.39, 0.29) is 12.6 Å². The molecule has 0 spiro atoms. The minimum Gasteiger partial charge on any atom is -0.392 e. The summed E-state index contributed by atoms with van der Waals surface area (Å²) in [6.07, 6.45) is 0. The summed E-state index contributed by atoms with van der Waals surface area (Å²) < 4.78 is 0. The van der Waals surface area contributed by atoms with Gasteiger partial charge in [0, 0.05) is 18.3 Å². The monoisotopic (exact) mass is 180 g/mol. The SMILES string of the molecule is CC(CN)Nc1cccc(CO)c1. The fourth-order valence-electron chi connectivity index (χ4n) is 1.10. The lowest BCUT2D eigenvalue weighted by Crippen LogP contribution is -2.25. The Bertz CT molecular complexity index is 263. The van der Waals surface area contributed by atoms with Crippen molar-refractivity contribution in [2.24, 2.45) is 5.73 Å². The maximum atomic E-state index is 8.90. The van der Waals surface area contributed by atoms with Gasteiger partial charge in [0.05, 0.1) is 6.61 Å². The standard InChI is InChI=1S/C10H16N2O/c1-8(6-11)12-10-4-2-3-9(5-10)7-13/h2-5,8,12-13H,6-7,11H2,1H3. The van der Waals surface area contributed by atoms with Gasteiger partial charge in [-0.2, -0.15) is 0 Å². The van der Waals surface area contributed by atoms with Gasteiger partial charge in [0.15, 0.2) is 0 Å². The van der Waals surface area contributed by atoms with Gasteiger partial charge in [0.25, 0.3) is 0 Å². The van der Waals surface area contributed by atoms with E-state index in [9.17, 15) is 0 Å². The van der Waals surface area contributed by atoms with Crippen molar-refractivity contribution in [3.05, 3.63) is 29.8 Å². The molecule has 1 aromatic carbocycles. The number of aliphatic hydroxyl groups is 1. The Hall–Kier alpha value is -1.06. The number of rotatable bonds is 4. The van der Waals surface area contributed by atoms with Crippen LogP contribution in [0.25, 0.3) is 0 Å². The van der Waals surface area contributed by atoms with Crippen molar-refractivity contribution in [3.63, 3.8) is 0 Å². The smallest absolute Gasteiger partial charge is 0.0682 e. The molecular weight excluding hydrogens is 164 g/mol. The average molecular weight is 180 g/mol. The predicted molar refractivity (Wildman–Crippen MR) is 54.5 cm³/mol. The van der Waals surface area contributed by atoms with Crippen LogP contribution in [0.15, 0.2) is 24.3 Å². The van der Waals surface area contributed by atoms with Gasteiger partial charge in [0.2, 0.25) is 0 Å². The molecule has 4 N–H and O–H groups in total. The number of aliphatic hydroxyl groups excluding tert-OH is 1. The number of nitrogens with two attached hydrogens (primary N) is 1. The molecule has 3 nitrogen and oxygen atoms in total. The highest BCUT2D eigenvalue weighted by atomic mass is 16.3. The molecule has 0 aliphatic carbocycles. The Morgan fingerprint density at radius 3 is 2.92 bits per heavy atom. The van der Waals surface area contributed by atoms with Crippen LogP contribution in [0.4, 0.5) is 5.69 Å². The highest BCUT2D eigenvalue weighted by Gasteiger charge is 1.98. The van der Waals surface area contributed by atoms with Gasteiger partial charge >= 0.3 is 0 Å². The van der Waals surface area contributed by atoms with E-state index in [1.165, 1.54) is 0 Å². The van der Waals surface area contributed by atoms with E-state index in [4.69, 9.17) is 10.8 Å². The maximum absolute atomic E-state index is 8.90. The minimum atomic E-state index is 0.0759. The van der Waals surface area contributed by atoms with Crippen LogP contribution in [0.2, 0.25) is 0 Å². The molecule has 0 saturated heterocycles. The van der Waals surface area contributed by atoms with Crippen LogP contribution in [0.1, 0.15) is 12.5 Å². The van der Waals surface area contributed by atoms with Gasteiger partial charge in [-0.1, -0.05) is 12.1 Å². The molecule has 0 bridgehead atoms. The summed E-state index contributed by atoms with van der Waals surface area (Å²) in [4.78, 5) is 0. The summed E-state index contributed by atoms with van der Waals surface area (Å²) in [5.74, 6) is 0. The van der Waals surface area contributed by atoms with E-state index in [0.29, 0.717) is 6.54 Å². The summed E-state index contributed by atoms with van der Waals surface area (Å²) in [6, 6.07) is 7.95. The highest BCUT2D eigenvalue weighted by Crippen LogP contribution is 2.11. The number of nitrogens with one attached hydrogen (secondary N) is 1. The van der Waals surface area contributed by atoms with Crippen molar-refractivity contribution in [2.45, 2.75) is 19.6 Å². The Labute approximate surface area is 78.6 Å². The second-order valence-electron chi connectivity index (χ2n) is 3.14. The molecule has 0 fully saturated rings. The fraction of sp³-hybridized carbons (Fsp3) is 0.400. The van der Waals surface area contributed by atoms with Crippen LogP contribution < -0.4 is 11.1 Å². The van der Waals surface area contributed by atoms with Crippen LogP contribution >= 0.6 is 0 Å².